The Morgan fingerprint density at radius 1 is 0.333 bits per heavy atom. The van der Waals surface area contributed by atoms with Gasteiger partial charge in [0.15, 0.2) is 12.4 Å². The van der Waals surface area contributed by atoms with Gasteiger partial charge < -0.3 is 33.3 Å². The SMILES string of the molecule is CC/C=C\C/C=C\C/C=C\C/C=C\C/C=C\C/C=C\C/C=C\C/C=C\CCCCCCCCCCCCCCC(=O)OC(COC(=O)CCCCCCCCCCCCCCCCCCCCC/C=C\C/C=C\CCCCCCC)COC(OCC[N+](C)(C)C)C(=O)[O-]. The van der Waals surface area contributed by atoms with Crippen molar-refractivity contribution < 1.29 is 42.9 Å². The number of allylic oxidation sites excluding steroid dienone is 20. The molecule has 0 N–H and O–H groups in total. The lowest BCUT2D eigenvalue weighted by Crippen LogP contribution is -2.44. The predicted octanol–water partition coefficient (Wildman–Crippen LogP) is 23.4. The normalized spacial score (nSPS) is 13.3. The van der Waals surface area contributed by atoms with Gasteiger partial charge in [0.1, 0.15) is 13.2 Å². The highest BCUT2D eigenvalue weighted by Gasteiger charge is 2.22. The third kappa shape index (κ3) is 74.9. The minimum Gasteiger partial charge on any atom is -0.545 e. The van der Waals surface area contributed by atoms with Gasteiger partial charge in [0.2, 0.25) is 0 Å². The number of esters is 2. The van der Waals surface area contributed by atoms with Crippen molar-refractivity contribution in [3.05, 3.63) is 122 Å². The van der Waals surface area contributed by atoms with Crippen LogP contribution in [-0.2, 0) is 33.3 Å². The first-order valence-electron chi connectivity index (χ1n) is 38.7. The van der Waals surface area contributed by atoms with E-state index in [0.717, 1.165) is 96.3 Å². The zero-order chi connectivity index (χ0) is 67.5. The van der Waals surface area contributed by atoms with Crippen LogP contribution in [0.15, 0.2) is 122 Å². The molecule has 0 aliphatic heterocycles. The number of nitrogens with zero attached hydrogens (tertiary/aromatic N) is 1. The molecule has 0 saturated carbocycles. The molecule has 2 unspecified atom stereocenters. The van der Waals surface area contributed by atoms with Crippen molar-refractivity contribution in [3.63, 3.8) is 0 Å². The molecule has 0 spiro atoms. The van der Waals surface area contributed by atoms with Crippen LogP contribution in [0, 0.1) is 0 Å². The van der Waals surface area contributed by atoms with Crippen LogP contribution >= 0.6 is 0 Å². The van der Waals surface area contributed by atoms with E-state index in [9.17, 15) is 19.5 Å². The zero-order valence-corrected chi connectivity index (χ0v) is 61.1. The molecule has 2 atom stereocenters. The number of carbonyl (C=O) groups excluding carboxylic acids is 3. The summed E-state index contributed by atoms with van der Waals surface area (Å²) in [7, 11) is 5.94. The smallest absolute Gasteiger partial charge is 0.306 e. The number of rotatable bonds is 71. The van der Waals surface area contributed by atoms with Gasteiger partial charge >= 0.3 is 11.9 Å². The van der Waals surface area contributed by atoms with Crippen molar-refractivity contribution in [2.24, 2.45) is 0 Å². The summed E-state index contributed by atoms with van der Waals surface area (Å²) in [4.78, 5) is 37.6. The lowest BCUT2D eigenvalue weighted by molar-refractivity contribution is -0.870. The maximum atomic E-state index is 13.0. The Morgan fingerprint density at radius 2 is 0.613 bits per heavy atom. The monoisotopic (exact) mass is 1300 g/mol. The second-order valence-corrected chi connectivity index (χ2v) is 26.9. The van der Waals surface area contributed by atoms with Crippen LogP contribution in [0.4, 0.5) is 0 Å². The minimum atomic E-state index is -1.63. The molecule has 0 fully saturated rings. The van der Waals surface area contributed by atoms with Gasteiger partial charge in [0.25, 0.3) is 0 Å². The summed E-state index contributed by atoms with van der Waals surface area (Å²) in [6.07, 6.45) is 102. The average molecular weight is 1300 g/mol. The van der Waals surface area contributed by atoms with Crippen LogP contribution < -0.4 is 5.11 Å². The molecule has 0 amide bonds. The van der Waals surface area contributed by atoms with E-state index >= 15 is 0 Å². The average Bonchev–Trinajstić information content (AvgIpc) is 3.73. The van der Waals surface area contributed by atoms with E-state index in [4.69, 9.17) is 18.9 Å². The molecular formula is C84H145NO8. The number of aliphatic carboxylic acids is 1. The second-order valence-electron chi connectivity index (χ2n) is 26.9. The lowest BCUT2D eigenvalue weighted by atomic mass is 10.0. The number of ether oxygens (including phenoxy) is 4. The zero-order valence-electron chi connectivity index (χ0n) is 61.1. The second kappa shape index (κ2) is 73.5. The van der Waals surface area contributed by atoms with E-state index in [1.807, 2.05) is 21.1 Å². The molecule has 0 rings (SSSR count). The predicted molar refractivity (Wildman–Crippen MR) is 398 cm³/mol. The summed E-state index contributed by atoms with van der Waals surface area (Å²) >= 11 is 0. The van der Waals surface area contributed by atoms with Crippen molar-refractivity contribution in [1.82, 2.24) is 0 Å². The fraction of sp³-hybridized carbons (Fsp3) is 0.726. The Bertz CT molecular complexity index is 1950. The fourth-order valence-electron chi connectivity index (χ4n) is 10.8. The van der Waals surface area contributed by atoms with Crippen molar-refractivity contribution in [3.8, 4) is 0 Å². The number of unbranched alkanes of at least 4 members (excludes halogenated alkanes) is 36. The summed E-state index contributed by atoms with van der Waals surface area (Å²) in [5.74, 6) is -2.28. The molecule has 0 aromatic rings. The van der Waals surface area contributed by atoms with E-state index < -0.39 is 24.3 Å². The highest BCUT2D eigenvalue weighted by molar-refractivity contribution is 5.70. The molecule has 93 heavy (non-hydrogen) atoms. The first-order chi connectivity index (χ1) is 45.6. The minimum absolute atomic E-state index is 0.144. The molecule has 0 bridgehead atoms. The molecule has 9 heteroatoms. The molecule has 0 aromatic heterocycles. The summed E-state index contributed by atoms with van der Waals surface area (Å²) in [5.41, 5.74) is 0. The summed E-state index contributed by atoms with van der Waals surface area (Å²) in [6, 6.07) is 0. The molecule has 0 radical (unpaired) electrons. The third-order valence-electron chi connectivity index (χ3n) is 16.7. The van der Waals surface area contributed by atoms with Crippen LogP contribution in [-0.4, -0.2) is 82.3 Å². The molecule has 0 aromatic carbocycles. The van der Waals surface area contributed by atoms with E-state index in [-0.39, 0.29) is 32.2 Å². The number of hydrogen-bond donors (Lipinski definition) is 0. The van der Waals surface area contributed by atoms with Crippen molar-refractivity contribution >= 4 is 17.9 Å². The molecule has 0 aliphatic rings. The van der Waals surface area contributed by atoms with Crippen LogP contribution in [0.1, 0.15) is 335 Å². The van der Waals surface area contributed by atoms with Gasteiger partial charge in [-0.25, -0.2) is 0 Å². The first-order valence-corrected chi connectivity index (χ1v) is 38.7. The number of quaternary nitrogens is 1. The molecule has 0 saturated heterocycles. The van der Waals surface area contributed by atoms with Crippen LogP contribution in [0.5, 0.6) is 0 Å². The van der Waals surface area contributed by atoms with Crippen molar-refractivity contribution in [2.75, 3.05) is 47.5 Å². The molecule has 0 aliphatic carbocycles. The fourth-order valence-corrected chi connectivity index (χ4v) is 10.8. The molecule has 9 nitrogen and oxygen atoms in total. The van der Waals surface area contributed by atoms with E-state index in [1.165, 1.54) is 205 Å². The van der Waals surface area contributed by atoms with Crippen LogP contribution in [0.25, 0.3) is 0 Å². The maximum absolute atomic E-state index is 13.0. The molecule has 534 valence electrons. The number of carboxylic acids is 1. The van der Waals surface area contributed by atoms with E-state index in [1.54, 1.807) is 0 Å². The Kier molecular flexibility index (Phi) is 70.1. The Balaban J connectivity index is 4.08. The summed E-state index contributed by atoms with van der Waals surface area (Å²) in [6.45, 7) is 4.65. The quantitative estimate of drug-likeness (QED) is 0.0195. The molecule has 0 heterocycles. The van der Waals surface area contributed by atoms with E-state index in [0.29, 0.717) is 23.9 Å². The van der Waals surface area contributed by atoms with Crippen molar-refractivity contribution in [1.29, 1.82) is 0 Å². The summed E-state index contributed by atoms with van der Waals surface area (Å²) in [5, 5.41) is 11.9. The highest BCUT2D eigenvalue weighted by atomic mass is 16.7. The van der Waals surface area contributed by atoms with Gasteiger partial charge in [0, 0.05) is 12.8 Å². The first kappa shape index (κ1) is 88.7. The van der Waals surface area contributed by atoms with E-state index in [2.05, 4.69) is 135 Å². The lowest BCUT2D eigenvalue weighted by Gasteiger charge is -2.26. The molecular weight excluding hydrogens is 1150 g/mol. The van der Waals surface area contributed by atoms with Gasteiger partial charge in [-0.2, -0.15) is 0 Å². The maximum Gasteiger partial charge on any atom is 0.306 e. The van der Waals surface area contributed by atoms with Crippen LogP contribution in [0.2, 0.25) is 0 Å². The highest BCUT2D eigenvalue weighted by Crippen LogP contribution is 2.18. The van der Waals surface area contributed by atoms with Gasteiger partial charge in [0.05, 0.1) is 40.3 Å². The Morgan fingerprint density at radius 3 is 0.914 bits per heavy atom. The Labute approximate surface area is 574 Å². The third-order valence-corrected chi connectivity index (χ3v) is 16.7. The Hall–Kier alpha value is -4.31. The van der Waals surface area contributed by atoms with Crippen molar-refractivity contribution in [2.45, 2.75) is 347 Å². The van der Waals surface area contributed by atoms with Gasteiger partial charge in [-0.1, -0.05) is 334 Å². The number of carbonyl (C=O) groups is 3. The number of likely N-dealkylation sites (N-methyl/N-ethyl adjacent to an activating group) is 1. The number of hydrogen-bond acceptors (Lipinski definition) is 8. The summed E-state index contributed by atoms with van der Waals surface area (Å²) < 4.78 is 22.9. The largest absolute Gasteiger partial charge is 0.545 e. The van der Waals surface area contributed by atoms with Crippen LogP contribution in [0.3, 0.4) is 0 Å². The van der Waals surface area contributed by atoms with Gasteiger partial charge in [-0.15, -0.1) is 0 Å². The standard InChI is InChI=1S/C84H145NO8/c1-6-8-10-12-14-16-18-20-22-24-26-28-30-32-34-36-38-39-40-41-42-43-45-47-49-51-53-55-57-59-61-63-65-67-69-71-73-75-82(87)93-80(79-92-84(83(88)89)90-77-76-85(3,4)5)78-91-81(86)74-72-70-68-66-64-62-60-58-56-54-52-50-48-46-44-37-35-33-31-29-27-25-23-21-19-17-15-13-11-9-7-2/h8,10,14,16,19-22,25-28,32,34,38-39,41-42,45,47,80,84H,6-7,9,11-13,15,17-18,23-24,29-31,33,35-37,40,43-44,46,48-79H2,1-5H3/b10-8-,16-14-,21-19-,22-20-,27-25-,28-26-,34-32-,39-38-,42-41-,47-45-. The van der Waals surface area contributed by atoms with Gasteiger partial charge in [-0.3, -0.25) is 9.59 Å². The number of carboxylic acid groups (broad SMARTS) is 1. The topological polar surface area (TPSA) is 111 Å². The van der Waals surface area contributed by atoms with Gasteiger partial charge in [-0.05, 0) is 109 Å².